The summed E-state index contributed by atoms with van der Waals surface area (Å²) in [5.74, 6) is 1.92. The van der Waals surface area contributed by atoms with Gasteiger partial charge in [-0.05, 0) is 92.0 Å². The fourth-order valence-electron chi connectivity index (χ4n) is 4.18. The van der Waals surface area contributed by atoms with Crippen LogP contribution in [-0.4, -0.2) is 28.9 Å². The number of aromatic nitrogens is 2. The molecule has 1 amide bonds. The van der Waals surface area contributed by atoms with Gasteiger partial charge in [0.25, 0.3) is 5.91 Å². The molecule has 2 aromatic heterocycles. The van der Waals surface area contributed by atoms with E-state index in [1.54, 1.807) is 7.11 Å². The van der Waals surface area contributed by atoms with Crippen molar-refractivity contribution in [2.75, 3.05) is 13.7 Å². The van der Waals surface area contributed by atoms with Crippen molar-refractivity contribution in [3.63, 3.8) is 0 Å². The van der Waals surface area contributed by atoms with Gasteiger partial charge in [-0.1, -0.05) is 0 Å². The quantitative estimate of drug-likeness (QED) is 0.591. The van der Waals surface area contributed by atoms with Crippen molar-refractivity contribution in [3.8, 4) is 17.0 Å². The van der Waals surface area contributed by atoms with Gasteiger partial charge in [0.1, 0.15) is 5.75 Å². The third-order valence-electron chi connectivity index (χ3n) is 5.85. The topological polar surface area (TPSA) is 67.0 Å². The number of ether oxygens (including phenoxy) is 1. The molecule has 4 rings (SSSR count). The van der Waals surface area contributed by atoms with E-state index in [4.69, 9.17) is 4.74 Å². The number of nitrogens with zero attached hydrogens (tertiary/aromatic N) is 1. The van der Waals surface area contributed by atoms with Crippen molar-refractivity contribution in [3.05, 3.63) is 58.7 Å². The number of carbonyl (C=O) groups excluding carboxylic acids is 1. The van der Waals surface area contributed by atoms with Gasteiger partial charge >= 0.3 is 0 Å². The van der Waals surface area contributed by atoms with Crippen molar-refractivity contribution < 1.29 is 9.53 Å². The van der Waals surface area contributed by atoms with Crippen LogP contribution in [0.4, 0.5) is 0 Å². The summed E-state index contributed by atoms with van der Waals surface area (Å²) in [6, 6.07) is 11.8. The molecule has 0 saturated heterocycles. The number of aryl methyl sites for hydroxylation is 1. The third-order valence-corrected chi connectivity index (χ3v) is 6.42. The summed E-state index contributed by atoms with van der Waals surface area (Å²) in [6.07, 6.45) is 4.59. The monoisotopic (exact) mass is 409 g/mol. The smallest absolute Gasteiger partial charge is 0.253 e. The molecule has 0 unspecified atom stereocenters. The fourth-order valence-corrected chi connectivity index (χ4v) is 4.77. The Balaban J connectivity index is 1.37. The molecule has 0 bridgehead atoms. The highest BCUT2D eigenvalue weighted by molar-refractivity contribution is 7.03. The van der Waals surface area contributed by atoms with E-state index < -0.39 is 0 Å². The minimum atomic E-state index is -0.0122. The largest absolute Gasteiger partial charge is 0.497 e. The lowest BCUT2D eigenvalue weighted by molar-refractivity contribution is 0.0943. The number of benzene rings is 1. The van der Waals surface area contributed by atoms with Crippen molar-refractivity contribution >= 4 is 17.4 Å². The Kier molecular flexibility index (Phi) is 6.00. The van der Waals surface area contributed by atoms with Gasteiger partial charge in [-0.15, -0.1) is 0 Å². The van der Waals surface area contributed by atoms with Crippen LogP contribution in [0.5, 0.6) is 5.75 Å². The van der Waals surface area contributed by atoms with Crippen molar-refractivity contribution in [1.29, 1.82) is 0 Å². The second kappa shape index (κ2) is 8.82. The van der Waals surface area contributed by atoms with E-state index in [9.17, 15) is 4.79 Å². The summed E-state index contributed by atoms with van der Waals surface area (Å²) in [7, 11) is 1.65. The van der Waals surface area contributed by atoms with Crippen molar-refractivity contribution in [1.82, 2.24) is 14.7 Å². The van der Waals surface area contributed by atoms with E-state index in [0.29, 0.717) is 17.4 Å². The number of rotatable bonds is 6. The first-order valence-electron chi connectivity index (χ1n) is 10.2. The molecule has 2 heterocycles. The molecule has 0 atom stereocenters. The van der Waals surface area contributed by atoms with Crippen LogP contribution < -0.4 is 10.1 Å². The predicted octanol–water partition coefficient (Wildman–Crippen LogP) is 5.16. The minimum Gasteiger partial charge on any atom is -0.497 e. The SMILES string of the molecule is COc1ccc(-c2[nH]c(C)cc2C(=O)NCC2CCC(c3ccsn3)CC2)cc1. The summed E-state index contributed by atoms with van der Waals surface area (Å²) in [5.41, 5.74) is 4.75. The molecule has 1 aliphatic carbocycles. The molecule has 0 radical (unpaired) electrons. The van der Waals surface area contributed by atoms with Crippen LogP contribution in [0.25, 0.3) is 11.3 Å². The van der Waals surface area contributed by atoms with Gasteiger partial charge in [-0.3, -0.25) is 4.79 Å². The highest BCUT2D eigenvalue weighted by Crippen LogP contribution is 2.35. The van der Waals surface area contributed by atoms with E-state index in [2.05, 4.69) is 26.1 Å². The highest BCUT2D eigenvalue weighted by Gasteiger charge is 2.24. The number of H-pyrrole nitrogens is 1. The van der Waals surface area contributed by atoms with Crippen molar-refractivity contribution in [2.45, 2.75) is 38.5 Å². The van der Waals surface area contributed by atoms with E-state index in [1.165, 1.54) is 17.2 Å². The average molecular weight is 410 g/mol. The second-order valence-corrected chi connectivity index (χ2v) is 8.49. The van der Waals surface area contributed by atoms with Crippen LogP contribution in [0.15, 0.2) is 41.8 Å². The first-order chi connectivity index (χ1) is 14.1. The molecular weight excluding hydrogens is 382 g/mol. The van der Waals surface area contributed by atoms with Crippen LogP contribution in [0.1, 0.15) is 53.3 Å². The summed E-state index contributed by atoms with van der Waals surface area (Å²) >= 11 is 1.53. The Morgan fingerprint density at radius 2 is 1.97 bits per heavy atom. The Bertz CT molecular complexity index is 939. The maximum atomic E-state index is 12.9. The Hall–Kier alpha value is -2.60. The molecule has 29 heavy (non-hydrogen) atoms. The van der Waals surface area contributed by atoms with E-state index >= 15 is 0 Å². The molecular formula is C23H27N3O2S. The summed E-state index contributed by atoms with van der Waals surface area (Å²) in [5, 5.41) is 5.22. The third kappa shape index (κ3) is 4.53. The van der Waals surface area contributed by atoms with Crippen LogP contribution in [0.2, 0.25) is 0 Å². The maximum absolute atomic E-state index is 12.9. The number of methoxy groups -OCH3 is 1. The zero-order valence-electron chi connectivity index (χ0n) is 16.9. The molecule has 1 aromatic carbocycles. The first kappa shape index (κ1) is 19.7. The maximum Gasteiger partial charge on any atom is 0.253 e. The molecule has 1 fully saturated rings. The standard InChI is InChI=1S/C23H27N3O2S/c1-15-13-20(22(25-15)18-7-9-19(28-2)10-8-18)23(27)24-14-16-3-5-17(6-4-16)21-11-12-29-26-21/h7-13,16-17,25H,3-6,14H2,1-2H3,(H,24,27). The normalized spacial score (nSPS) is 19.1. The summed E-state index contributed by atoms with van der Waals surface area (Å²) < 4.78 is 9.72. The molecule has 2 N–H and O–H groups in total. The molecule has 0 aliphatic heterocycles. The Labute approximate surface area is 175 Å². The van der Waals surface area contributed by atoms with Crippen LogP contribution >= 0.6 is 11.5 Å². The lowest BCUT2D eigenvalue weighted by atomic mass is 9.80. The Morgan fingerprint density at radius 1 is 1.21 bits per heavy atom. The zero-order valence-corrected chi connectivity index (χ0v) is 17.7. The molecule has 6 heteroatoms. The zero-order chi connectivity index (χ0) is 20.2. The van der Waals surface area contributed by atoms with Gasteiger partial charge < -0.3 is 15.0 Å². The van der Waals surface area contributed by atoms with Gasteiger partial charge in [0.15, 0.2) is 0 Å². The molecule has 1 saturated carbocycles. The number of nitrogens with one attached hydrogen (secondary N) is 2. The minimum absolute atomic E-state index is 0.0122. The van der Waals surface area contributed by atoms with Crippen molar-refractivity contribution in [2.24, 2.45) is 5.92 Å². The average Bonchev–Trinajstić information content (AvgIpc) is 3.42. The Morgan fingerprint density at radius 3 is 2.62 bits per heavy atom. The van der Waals surface area contributed by atoms with E-state index in [-0.39, 0.29) is 5.91 Å². The number of carbonyl (C=O) groups is 1. The van der Waals surface area contributed by atoms with Crippen LogP contribution in [0.3, 0.4) is 0 Å². The number of hydrogen-bond acceptors (Lipinski definition) is 4. The first-order valence-corrected chi connectivity index (χ1v) is 11.0. The lowest BCUT2D eigenvalue weighted by Gasteiger charge is -2.27. The van der Waals surface area contributed by atoms with Gasteiger partial charge in [0.2, 0.25) is 0 Å². The number of hydrogen-bond donors (Lipinski definition) is 2. The highest BCUT2D eigenvalue weighted by atomic mass is 32.1. The van der Waals surface area contributed by atoms with Gasteiger partial charge in [0, 0.05) is 23.5 Å². The summed E-state index contributed by atoms with van der Waals surface area (Å²) in [6.45, 7) is 2.71. The second-order valence-electron chi connectivity index (χ2n) is 7.82. The van der Waals surface area contributed by atoms with Gasteiger partial charge in [0.05, 0.1) is 24.1 Å². The molecule has 152 valence electrons. The molecule has 0 spiro atoms. The number of amides is 1. The molecule has 5 nitrogen and oxygen atoms in total. The lowest BCUT2D eigenvalue weighted by Crippen LogP contribution is -2.31. The predicted molar refractivity (Wildman–Crippen MR) is 117 cm³/mol. The number of aromatic amines is 1. The van der Waals surface area contributed by atoms with Gasteiger partial charge in [-0.25, -0.2) is 0 Å². The van der Waals surface area contributed by atoms with E-state index in [1.807, 2.05) is 37.3 Å². The molecule has 1 aliphatic rings. The summed E-state index contributed by atoms with van der Waals surface area (Å²) in [4.78, 5) is 16.2. The molecule has 3 aromatic rings. The van der Waals surface area contributed by atoms with Gasteiger partial charge in [-0.2, -0.15) is 4.37 Å². The van der Waals surface area contributed by atoms with Crippen LogP contribution in [-0.2, 0) is 0 Å². The van der Waals surface area contributed by atoms with E-state index in [0.717, 1.165) is 54.9 Å². The van der Waals surface area contributed by atoms with Crippen LogP contribution in [0, 0.1) is 12.8 Å². The fraction of sp³-hybridized carbons (Fsp3) is 0.391.